The lowest BCUT2D eigenvalue weighted by atomic mass is 10.1. The first-order chi connectivity index (χ1) is 14.6. The molecule has 8 nitrogen and oxygen atoms in total. The molecule has 0 aliphatic carbocycles. The van der Waals surface area contributed by atoms with Crippen LogP contribution in [0.1, 0.15) is 12.0 Å². The zero-order valence-corrected chi connectivity index (χ0v) is 17.2. The molecule has 0 bridgehead atoms. The van der Waals surface area contributed by atoms with Crippen LogP contribution < -0.4 is 14.8 Å². The van der Waals surface area contributed by atoms with Crippen LogP contribution in [0.15, 0.2) is 48.8 Å². The zero-order valence-electron chi connectivity index (χ0n) is 17.2. The fourth-order valence-electron chi connectivity index (χ4n) is 3.47. The second-order valence-corrected chi connectivity index (χ2v) is 7.04. The predicted octanol–water partition coefficient (Wildman–Crippen LogP) is 1.44. The molecule has 1 saturated heterocycles. The number of hydrogen-bond donors (Lipinski definition) is 1. The monoisotopic (exact) mass is 413 g/mol. The third-order valence-electron chi connectivity index (χ3n) is 4.92. The molecule has 0 saturated carbocycles. The number of hydrogen-bond acceptors (Lipinski definition) is 6. The van der Waals surface area contributed by atoms with Gasteiger partial charge in [-0.05, 0) is 29.8 Å². The van der Waals surface area contributed by atoms with Crippen LogP contribution >= 0.6 is 0 Å². The SMILES string of the molecule is COCCNC(=O)[C@H]1C[C@H](Oc2cccnc2)CN1C(=O)Cc1cccc(OC)c1. The maximum Gasteiger partial charge on any atom is 0.243 e. The Morgan fingerprint density at radius 3 is 2.77 bits per heavy atom. The molecule has 1 aliphatic heterocycles. The number of carbonyl (C=O) groups excluding carboxylic acids is 2. The number of carbonyl (C=O) groups is 2. The van der Waals surface area contributed by atoms with Crippen LogP contribution in [0.25, 0.3) is 0 Å². The molecule has 1 fully saturated rings. The smallest absolute Gasteiger partial charge is 0.243 e. The first-order valence-corrected chi connectivity index (χ1v) is 9.86. The summed E-state index contributed by atoms with van der Waals surface area (Å²) in [4.78, 5) is 31.5. The Labute approximate surface area is 176 Å². The van der Waals surface area contributed by atoms with Crippen LogP contribution in [0.4, 0.5) is 0 Å². The molecule has 1 aliphatic rings. The molecule has 1 aromatic heterocycles. The van der Waals surface area contributed by atoms with Crippen molar-refractivity contribution in [1.82, 2.24) is 15.2 Å². The number of likely N-dealkylation sites (tertiary alicyclic amines) is 1. The van der Waals surface area contributed by atoms with E-state index in [2.05, 4.69) is 10.3 Å². The second-order valence-electron chi connectivity index (χ2n) is 7.04. The normalized spacial score (nSPS) is 18.1. The first kappa shape index (κ1) is 21.6. The maximum absolute atomic E-state index is 13.1. The quantitative estimate of drug-likeness (QED) is 0.626. The van der Waals surface area contributed by atoms with Gasteiger partial charge in [-0.3, -0.25) is 14.6 Å². The van der Waals surface area contributed by atoms with Gasteiger partial charge in [-0.15, -0.1) is 0 Å². The Morgan fingerprint density at radius 1 is 1.20 bits per heavy atom. The van der Waals surface area contributed by atoms with Gasteiger partial charge in [0, 0.05) is 26.3 Å². The summed E-state index contributed by atoms with van der Waals surface area (Å²) in [6.45, 7) is 1.13. The molecule has 160 valence electrons. The van der Waals surface area contributed by atoms with E-state index in [4.69, 9.17) is 14.2 Å². The van der Waals surface area contributed by atoms with Gasteiger partial charge in [-0.2, -0.15) is 0 Å². The van der Waals surface area contributed by atoms with Crippen molar-refractivity contribution in [3.05, 3.63) is 54.4 Å². The molecular formula is C22H27N3O5. The summed E-state index contributed by atoms with van der Waals surface area (Å²) in [5, 5.41) is 2.83. The molecule has 30 heavy (non-hydrogen) atoms. The number of ether oxygens (including phenoxy) is 3. The van der Waals surface area contributed by atoms with Crippen molar-refractivity contribution in [2.45, 2.75) is 25.0 Å². The summed E-state index contributed by atoms with van der Waals surface area (Å²) in [5.41, 5.74) is 0.828. The van der Waals surface area contributed by atoms with Crippen molar-refractivity contribution in [1.29, 1.82) is 0 Å². The van der Waals surface area contributed by atoms with E-state index in [1.54, 1.807) is 43.6 Å². The van der Waals surface area contributed by atoms with Crippen molar-refractivity contribution in [3.63, 3.8) is 0 Å². The Kier molecular flexibility index (Phi) is 7.62. The summed E-state index contributed by atoms with van der Waals surface area (Å²) in [6, 6.07) is 10.4. The lowest BCUT2D eigenvalue weighted by Crippen LogP contribution is -2.47. The molecule has 8 heteroatoms. The predicted molar refractivity (Wildman–Crippen MR) is 110 cm³/mol. The fraction of sp³-hybridized carbons (Fsp3) is 0.409. The molecule has 2 heterocycles. The van der Waals surface area contributed by atoms with E-state index in [1.807, 2.05) is 24.3 Å². The van der Waals surface area contributed by atoms with Crippen molar-refractivity contribution in [2.24, 2.45) is 0 Å². The van der Waals surface area contributed by atoms with E-state index in [0.29, 0.717) is 37.6 Å². The van der Waals surface area contributed by atoms with Crippen LogP contribution in [0.3, 0.4) is 0 Å². The van der Waals surface area contributed by atoms with E-state index < -0.39 is 6.04 Å². The molecule has 2 amide bonds. The number of benzene rings is 1. The van der Waals surface area contributed by atoms with Crippen LogP contribution in [0.2, 0.25) is 0 Å². The van der Waals surface area contributed by atoms with Gasteiger partial charge in [0.25, 0.3) is 0 Å². The topological polar surface area (TPSA) is 90.0 Å². The molecule has 2 aromatic rings. The summed E-state index contributed by atoms with van der Waals surface area (Å²) >= 11 is 0. The number of amides is 2. The highest BCUT2D eigenvalue weighted by Crippen LogP contribution is 2.24. The van der Waals surface area contributed by atoms with E-state index in [0.717, 1.165) is 5.56 Å². The van der Waals surface area contributed by atoms with Gasteiger partial charge in [-0.1, -0.05) is 12.1 Å². The molecule has 1 aromatic carbocycles. The summed E-state index contributed by atoms with van der Waals surface area (Å²) in [7, 11) is 3.16. The number of nitrogens with zero attached hydrogens (tertiary/aromatic N) is 2. The third kappa shape index (κ3) is 5.70. The van der Waals surface area contributed by atoms with Crippen molar-refractivity contribution in [3.8, 4) is 11.5 Å². The van der Waals surface area contributed by atoms with Gasteiger partial charge in [0.05, 0.1) is 32.9 Å². The van der Waals surface area contributed by atoms with Gasteiger partial charge in [0.1, 0.15) is 23.6 Å². The average Bonchev–Trinajstić information content (AvgIpc) is 3.19. The maximum atomic E-state index is 13.1. The van der Waals surface area contributed by atoms with Crippen LogP contribution in [-0.4, -0.2) is 67.8 Å². The largest absolute Gasteiger partial charge is 0.497 e. The molecule has 1 N–H and O–H groups in total. The summed E-state index contributed by atoms with van der Waals surface area (Å²) < 4.78 is 16.2. The minimum absolute atomic E-state index is 0.132. The summed E-state index contributed by atoms with van der Waals surface area (Å²) in [6.07, 6.45) is 3.59. The Hall–Kier alpha value is -3.13. The van der Waals surface area contributed by atoms with Gasteiger partial charge >= 0.3 is 0 Å². The average molecular weight is 413 g/mol. The van der Waals surface area contributed by atoms with Gasteiger partial charge in [0.15, 0.2) is 0 Å². The lowest BCUT2D eigenvalue weighted by Gasteiger charge is -2.23. The molecular weight excluding hydrogens is 386 g/mol. The van der Waals surface area contributed by atoms with Gasteiger partial charge in [0.2, 0.25) is 11.8 Å². The molecule has 0 unspecified atom stereocenters. The molecule has 0 spiro atoms. The highest BCUT2D eigenvalue weighted by atomic mass is 16.5. The number of methoxy groups -OCH3 is 2. The minimum atomic E-state index is -0.596. The van der Waals surface area contributed by atoms with E-state index in [-0.39, 0.29) is 24.3 Å². The molecule has 2 atom stereocenters. The highest BCUT2D eigenvalue weighted by molar-refractivity contribution is 5.89. The number of aromatic nitrogens is 1. The minimum Gasteiger partial charge on any atom is -0.497 e. The first-order valence-electron chi connectivity index (χ1n) is 9.86. The Bertz CT molecular complexity index is 846. The number of rotatable bonds is 9. The van der Waals surface area contributed by atoms with Gasteiger partial charge in [-0.25, -0.2) is 0 Å². The Morgan fingerprint density at radius 2 is 2.03 bits per heavy atom. The standard InChI is InChI=1S/C22H27N3O5/c1-28-10-9-24-22(27)20-13-19(30-18-7-4-8-23-14-18)15-25(20)21(26)12-16-5-3-6-17(11-16)29-2/h3-8,11,14,19-20H,9-10,12-13,15H2,1-2H3,(H,24,27)/t19-,20+/m0/s1. The van der Waals surface area contributed by atoms with Crippen molar-refractivity contribution in [2.75, 3.05) is 33.9 Å². The highest BCUT2D eigenvalue weighted by Gasteiger charge is 2.40. The van der Waals surface area contributed by atoms with E-state index in [1.165, 1.54) is 0 Å². The van der Waals surface area contributed by atoms with E-state index >= 15 is 0 Å². The lowest BCUT2D eigenvalue weighted by molar-refractivity contribution is -0.138. The third-order valence-corrected chi connectivity index (χ3v) is 4.92. The summed E-state index contributed by atoms with van der Waals surface area (Å²) in [5.74, 6) is 0.965. The van der Waals surface area contributed by atoms with Crippen molar-refractivity contribution < 1.29 is 23.8 Å². The second kappa shape index (κ2) is 10.6. The molecule has 3 rings (SSSR count). The number of nitrogens with one attached hydrogen (secondary N) is 1. The Balaban J connectivity index is 1.71. The van der Waals surface area contributed by atoms with Crippen LogP contribution in [-0.2, 0) is 20.7 Å². The fourth-order valence-corrected chi connectivity index (χ4v) is 3.47. The molecule has 0 radical (unpaired) electrons. The zero-order chi connectivity index (χ0) is 21.3. The van der Waals surface area contributed by atoms with E-state index in [9.17, 15) is 9.59 Å². The van der Waals surface area contributed by atoms with Gasteiger partial charge < -0.3 is 24.4 Å². The number of pyridine rings is 1. The van der Waals surface area contributed by atoms with Crippen LogP contribution in [0.5, 0.6) is 11.5 Å². The van der Waals surface area contributed by atoms with Crippen molar-refractivity contribution >= 4 is 11.8 Å². The van der Waals surface area contributed by atoms with Crippen LogP contribution in [0, 0.1) is 0 Å².